The Morgan fingerprint density at radius 2 is 1.80 bits per heavy atom. The molecule has 1 fully saturated rings. The first-order valence-electron chi connectivity index (χ1n) is 6.94. The van der Waals surface area contributed by atoms with Crippen molar-refractivity contribution in [3.05, 3.63) is 36.0 Å². The van der Waals surface area contributed by atoms with Crippen LogP contribution >= 0.6 is 0 Å². The summed E-state index contributed by atoms with van der Waals surface area (Å²) in [6.07, 6.45) is 0. The lowest BCUT2D eigenvalue weighted by molar-refractivity contribution is 0.0655. The molecule has 1 saturated heterocycles. The van der Waals surface area contributed by atoms with E-state index >= 15 is 0 Å². The van der Waals surface area contributed by atoms with Crippen LogP contribution in [0.3, 0.4) is 0 Å². The monoisotopic (exact) mass is 272 g/mol. The van der Waals surface area contributed by atoms with Crippen molar-refractivity contribution in [2.45, 2.75) is 0 Å². The van der Waals surface area contributed by atoms with Crippen molar-refractivity contribution in [3.8, 4) is 0 Å². The van der Waals surface area contributed by atoms with Crippen LogP contribution in [0.4, 0.5) is 0 Å². The molecule has 1 N–H and O–H groups in total. The highest BCUT2D eigenvalue weighted by atomic mass is 16.2. The van der Waals surface area contributed by atoms with Crippen LogP contribution in [0.15, 0.2) is 30.3 Å². The van der Waals surface area contributed by atoms with E-state index in [-0.39, 0.29) is 5.91 Å². The second-order valence-electron chi connectivity index (χ2n) is 5.38. The number of carbonyl (C=O) groups is 1. The molecule has 2 aromatic rings. The molecule has 1 amide bonds. The summed E-state index contributed by atoms with van der Waals surface area (Å²) < 4.78 is 1.95. The van der Waals surface area contributed by atoms with E-state index in [0.29, 0.717) is 5.69 Å². The van der Waals surface area contributed by atoms with E-state index in [1.165, 1.54) is 0 Å². The summed E-state index contributed by atoms with van der Waals surface area (Å²) in [5.74, 6) is -0.0340. The molecule has 1 aliphatic heterocycles. The molecule has 20 heavy (non-hydrogen) atoms. The molecular weight excluding hydrogens is 252 g/mol. The maximum absolute atomic E-state index is 12.4. The second-order valence-corrected chi connectivity index (χ2v) is 5.38. The van der Waals surface area contributed by atoms with Gasteiger partial charge in [0, 0.05) is 44.1 Å². The molecule has 5 nitrogen and oxygen atoms in total. The van der Waals surface area contributed by atoms with Gasteiger partial charge in [-0.1, -0.05) is 18.2 Å². The van der Waals surface area contributed by atoms with Crippen LogP contribution in [0.1, 0.15) is 10.5 Å². The molecule has 106 valence electrons. The summed E-state index contributed by atoms with van der Waals surface area (Å²) in [5.41, 5.74) is 4.78. The fraction of sp³-hybridized carbons (Fsp3) is 0.400. The quantitative estimate of drug-likeness (QED) is 0.889. The zero-order valence-electron chi connectivity index (χ0n) is 12.0. The van der Waals surface area contributed by atoms with Crippen LogP contribution in [0.2, 0.25) is 0 Å². The molecule has 5 heteroatoms. The van der Waals surface area contributed by atoms with Crippen molar-refractivity contribution in [2.75, 3.05) is 33.2 Å². The molecule has 0 aliphatic carbocycles. The average molecular weight is 272 g/mol. The van der Waals surface area contributed by atoms with E-state index in [4.69, 9.17) is 0 Å². The van der Waals surface area contributed by atoms with E-state index in [1.54, 1.807) is 0 Å². The summed E-state index contributed by atoms with van der Waals surface area (Å²) in [7, 11) is 4.03. The van der Waals surface area contributed by atoms with E-state index in [9.17, 15) is 4.79 Å². The Hall–Kier alpha value is -1.85. The van der Waals surface area contributed by atoms with Gasteiger partial charge in [-0.15, -0.1) is 0 Å². The van der Waals surface area contributed by atoms with Gasteiger partial charge >= 0.3 is 0 Å². The van der Waals surface area contributed by atoms with E-state index in [1.807, 2.05) is 47.0 Å². The smallest absolute Gasteiger partial charge is 0.282 e. The molecule has 3 rings (SSSR count). The fourth-order valence-electron chi connectivity index (χ4n) is 2.63. The average Bonchev–Trinajstić information content (AvgIpc) is 2.79. The van der Waals surface area contributed by atoms with E-state index < -0.39 is 0 Å². The number of aromatic nitrogens is 1. The molecular formula is C15H20N4O. The van der Waals surface area contributed by atoms with Gasteiger partial charge in [-0.25, -0.2) is 5.01 Å². The Bertz CT molecular complexity index is 626. The van der Waals surface area contributed by atoms with Crippen molar-refractivity contribution < 1.29 is 4.79 Å². The number of benzene rings is 1. The molecule has 1 aromatic heterocycles. The number of nitrogens with one attached hydrogen (secondary N) is 1. The molecule has 0 radical (unpaired) electrons. The van der Waals surface area contributed by atoms with Crippen LogP contribution < -0.4 is 5.43 Å². The highest BCUT2D eigenvalue weighted by molar-refractivity contribution is 5.98. The third-order valence-electron chi connectivity index (χ3n) is 3.95. The van der Waals surface area contributed by atoms with Crippen LogP contribution in [0.5, 0.6) is 0 Å². The van der Waals surface area contributed by atoms with Gasteiger partial charge in [-0.05, 0) is 19.2 Å². The zero-order valence-corrected chi connectivity index (χ0v) is 12.0. The predicted molar refractivity (Wildman–Crippen MR) is 79.5 cm³/mol. The molecule has 1 aliphatic rings. The number of hydrazine groups is 1. The third kappa shape index (κ3) is 2.42. The van der Waals surface area contributed by atoms with E-state index in [2.05, 4.69) is 17.4 Å². The van der Waals surface area contributed by atoms with Crippen LogP contribution in [0.25, 0.3) is 10.9 Å². The number of amides is 1. The molecule has 0 unspecified atom stereocenters. The first kappa shape index (κ1) is 13.1. The predicted octanol–water partition coefficient (Wildman–Crippen LogP) is 1.07. The molecule has 0 spiro atoms. The Kier molecular flexibility index (Phi) is 3.46. The van der Waals surface area contributed by atoms with Crippen molar-refractivity contribution in [3.63, 3.8) is 0 Å². The lowest BCUT2D eigenvalue weighted by Gasteiger charge is -2.32. The normalized spacial score (nSPS) is 17.5. The van der Waals surface area contributed by atoms with Crippen LogP contribution in [0, 0.1) is 0 Å². The number of para-hydroxylation sites is 1. The van der Waals surface area contributed by atoms with Crippen molar-refractivity contribution in [1.29, 1.82) is 0 Å². The molecule has 0 atom stereocenters. The third-order valence-corrected chi connectivity index (χ3v) is 3.95. The largest absolute Gasteiger partial charge is 0.340 e. The van der Waals surface area contributed by atoms with Gasteiger partial charge in [-0.3, -0.25) is 10.2 Å². The van der Waals surface area contributed by atoms with Crippen molar-refractivity contribution in [1.82, 2.24) is 19.9 Å². The first-order chi connectivity index (χ1) is 9.65. The Morgan fingerprint density at radius 3 is 2.50 bits per heavy atom. The summed E-state index contributed by atoms with van der Waals surface area (Å²) in [6, 6.07) is 9.99. The minimum atomic E-state index is -0.0340. The minimum absolute atomic E-state index is 0.0340. The molecule has 0 saturated carbocycles. The van der Waals surface area contributed by atoms with Crippen molar-refractivity contribution in [2.24, 2.45) is 7.05 Å². The topological polar surface area (TPSA) is 40.5 Å². The number of aryl methyl sites for hydroxylation is 1. The molecule has 2 heterocycles. The van der Waals surface area contributed by atoms with Gasteiger partial charge in [0.2, 0.25) is 0 Å². The number of nitrogens with zero attached hydrogens (tertiary/aromatic N) is 3. The first-order valence-corrected chi connectivity index (χ1v) is 6.94. The summed E-state index contributed by atoms with van der Waals surface area (Å²) in [4.78, 5) is 14.7. The van der Waals surface area contributed by atoms with Crippen LogP contribution in [-0.2, 0) is 7.05 Å². The number of rotatable bonds is 2. The van der Waals surface area contributed by atoms with Gasteiger partial charge in [0.25, 0.3) is 5.91 Å². The number of fused-ring (bicyclic) bond motifs is 1. The summed E-state index contributed by atoms with van der Waals surface area (Å²) >= 11 is 0. The highest BCUT2D eigenvalue weighted by Crippen LogP contribution is 2.18. The number of likely N-dealkylation sites (N-methyl/N-ethyl adjacent to an activating group) is 1. The second kappa shape index (κ2) is 5.26. The van der Waals surface area contributed by atoms with Gasteiger partial charge < -0.3 is 9.47 Å². The SMILES string of the molecule is CN1CCN(NC(=O)c2cc3ccccc3n2C)CC1. The van der Waals surface area contributed by atoms with Gasteiger partial charge in [-0.2, -0.15) is 0 Å². The standard InChI is InChI=1S/C15H20N4O/c1-17-7-9-19(10-8-17)16-15(20)14-11-12-5-3-4-6-13(12)18(14)2/h3-6,11H,7-10H2,1-2H3,(H,16,20). The van der Waals surface area contributed by atoms with Crippen LogP contribution in [-0.4, -0.2) is 53.6 Å². The molecule has 1 aromatic carbocycles. The Labute approximate surface area is 118 Å². The number of hydrogen-bond acceptors (Lipinski definition) is 3. The van der Waals surface area contributed by atoms with Gasteiger partial charge in [0.05, 0.1) is 0 Å². The lowest BCUT2D eigenvalue weighted by atomic mass is 10.2. The Morgan fingerprint density at radius 1 is 1.10 bits per heavy atom. The summed E-state index contributed by atoms with van der Waals surface area (Å²) in [6.45, 7) is 3.70. The highest BCUT2D eigenvalue weighted by Gasteiger charge is 2.18. The fourth-order valence-corrected chi connectivity index (χ4v) is 2.63. The zero-order chi connectivity index (χ0) is 14.1. The minimum Gasteiger partial charge on any atom is -0.340 e. The van der Waals surface area contributed by atoms with Gasteiger partial charge in [0.15, 0.2) is 0 Å². The van der Waals surface area contributed by atoms with E-state index in [0.717, 1.165) is 37.1 Å². The number of piperazine rings is 1. The number of carbonyl (C=O) groups excluding carboxylic acids is 1. The number of hydrogen-bond donors (Lipinski definition) is 1. The van der Waals surface area contributed by atoms with Gasteiger partial charge in [0.1, 0.15) is 5.69 Å². The summed E-state index contributed by atoms with van der Waals surface area (Å²) in [5, 5.41) is 3.10. The Balaban J connectivity index is 1.77. The molecule has 0 bridgehead atoms. The maximum atomic E-state index is 12.4. The van der Waals surface area contributed by atoms with Crippen molar-refractivity contribution >= 4 is 16.8 Å². The lowest BCUT2D eigenvalue weighted by Crippen LogP contribution is -2.52. The maximum Gasteiger partial charge on any atom is 0.282 e.